The number of hydrogen-bond donors (Lipinski definition) is 4. The zero-order valence-corrected chi connectivity index (χ0v) is 44.4. The van der Waals surface area contributed by atoms with Gasteiger partial charge in [-0.1, -0.05) is 76.2 Å². The molecule has 2 aromatic heterocycles. The van der Waals surface area contributed by atoms with Crippen molar-refractivity contribution in [3.05, 3.63) is 95.8 Å². The average molecular weight is 1030 g/mol. The van der Waals surface area contributed by atoms with Crippen molar-refractivity contribution >= 4 is 30.1 Å². The van der Waals surface area contributed by atoms with Crippen LogP contribution in [0.5, 0.6) is 11.5 Å². The smallest absolute Gasteiger partial charge is 0.410 e. The summed E-state index contributed by atoms with van der Waals surface area (Å²) in [4.78, 5) is 89.4. The van der Waals surface area contributed by atoms with Crippen molar-refractivity contribution in [2.45, 2.75) is 143 Å². The number of aromatic amines is 2. The highest BCUT2D eigenvalue weighted by molar-refractivity contribution is 5.87. The van der Waals surface area contributed by atoms with Crippen LogP contribution in [0.15, 0.2) is 73.1 Å². The molecule has 0 aliphatic carbocycles. The van der Waals surface area contributed by atoms with E-state index in [1.165, 1.54) is 0 Å². The van der Waals surface area contributed by atoms with Gasteiger partial charge in [-0.05, 0) is 106 Å². The first-order valence-corrected chi connectivity index (χ1v) is 25.9. The van der Waals surface area contributed by atoms with Crippen LogP contribution in [0.3, 0.4) is 0 Å². The number of alkyl carbamates (subject to hydrolysis) is 2. The molecular formula is C56H69N9O10. The van der Waals surface area contributed by atoms with E-state index in [4.69, 9.17) is 33.7 Å². The second-order valence-electron chi connectivity index (χ2n) is 22.5. The van der Waals surface area contributed by atoms with E-state index in [2.05, 4.69) is 20.6 Å². The predicted octanol–water partition coefficient (Wildman–Crippen LogP) is 9.42. The quantitative estimate of drug-likeness (QED) is 0.0859. The van der Waals surface area contributed by atoms with E-state index in [0.29, 0.717) is 42.8 Å². The van der Waals surface area contributed by atoms with Gasteiger partial charge < -0.3 is 54.1 Å². The minimum Gasteiger partial charge on any atom is -0.454 e. The van der Waals surface area contributed by atoms with Crippen LogP contribution in [0.4, 0.5) is 14.4 Å². The summed E-state index contributed by atoms with van der Waals surface area (Å²) in [7, 11) is 0. The number of carbonyl (C=O) groups excluding carboxylic acids is 5. The molecule has 9 rings (SSSR count). The highest BCUT2D eigenvalue weighted by Crippen LogP contribution is 2.40. The number of carbonyl (C=O) groups is 5. The van der Waals surface area contributed by atoms with Crippen molar-refractivity contribution in [3.63, 3.8) is 0 Å². The highest BCUT2D eigenvalue weighted by Gasteiger charge is 2.44. The molecule has 4 aliphatic rings. The molecule has 0 spiro atoms. The third kappa shape index (κ3) is 11.9. The minimum absolute atomic E-state index is 0.0889. The Hall–Kier alpha value is -7.57. The highest BCUT2D eigenvalue weighted by atomic mass is 16.7. The maximum absolute atomic E-state index is 14.5. The zero-order valence-electron chi connectivity index (χ0n) is 44.4. The molecule has 19 nitrogen and oxygen atoms in total. The van der Waals surface area contributed by atoms with Crippen molar-refractivity contribution in [1.29, 1.82) is 0 Å². The number of rotatable bonds is 12. The Kier molecular flexibility index (Phi) is 14.6. The number of imidazole rings is 2. The van der Waals surface area contributed by atoms with Crippen LogP contribution in [0.1, 0.15) is 123 Å². The molecule has 1 unspecified atom stereocenters. The van der Waals surface area contributed by atoms with Gasteiger partial charge in [0, 0.05) is 37.8 Å². The first kappa shape index (κ1) is 52.3. The fraction of sp³-hybridized carbons (Fsp3) is 0.482. The summed E-state index contributed by atoms with van der Waals surface area (Å²) in [5, 5.41) is 5.60. The molecule has 398 valence electrons. The molecule has 4 aliphatic heterocycles. The Morgan fingerprint density at radius 3 is 1.79 bits per heavy atom. The summed E-state index contributed by atoms with van der Waals surface area (Å²) in [6.45, 7) is 19.7. The van der Waals surface area contributed by atoms with E-state index in [9.17, 15) is 24.0 Å². The van der Waals surface area contributed by atoms with Gasteiger partial charge in [0.05, 0.1) is 36.2 Å². The van der Waals surface area contributed by atoms with Gasteiger partial charge >= 0.3 is 18.3 Å². The second kappa shape index (κ2) is 21.0. The number of fused-ring (bicyclic) bond motifs is 2. The third-order valence-electron chi connectivity index (χ3n) is 13.8. The molecule has 6 heterocycles. The maximum atomic E-state index is 14.5. The summed E-state index contributed by atoms with van der Waals surface area (Å²) in [5.41, 5.74) is 5.73. The Morgan fingerprint density at radius 2 is 1.24 bits per heavy atom. The van der Waals surface area contributed by atoms with Gasteiger partial charge in [0.2, 0.25) is 18.6 Å². The van der Waals surface area contributed by atoms with Gasteiger partial charge in [-0.15, -0.1) is 0 Å². The molecule has 5 amide bonds. The normalized spacial score (nSPS) is 19.0. The summed E-state index contributed by atoms with van der Waals surface area (Å²) < 4.78 is 28.2. The lowest BCUT2D eigenvalue weighted by molar-refractivity contribution is -0.136. The number of benzene rings is 3. The zero-order chi connectivity index (χ0) is 53.5. The molecule has 2 saturated heterocycles. The molecule has 4 N–H and O–H groups in total. The fourth-order valence-corrected chi connectivity index (χ4v) is 10.1. The van der Waals surface area contributed by atoms with E-state index in [0.717, 1.165) is 57.6 Å². The Morgan fingerprint density at radius 1 is 0.707 bits per heavy atom. The van der Waals surface area contributed by atoms with Gasteiger partial charge in [-0.3, -0.25) is 14.5 Å². The standard InChI is InChI=1S/C56H69N9O10/c1-31(2)46(61-52(68)74-55(5,6)7)50(66)64-21-11-12-42(64)48-57-25-40(59-48)35-17-13-33(14-18-35)34-15-19-36(20-16-34)41-26-58-49(60-41)43-24-39(29-65(43)51(67)47(32(3)4)62-53(69)75-56(8,9)10)73-54(70)63-27-37-22-44-45(72-30-71-44)23-38(37)28-63/h13-20,22-23,25-26,31-32,39,42-43,46-47H,11-12,21,24,27-30H2,1-10H3,(H,57,59)(H,58,60)(H,61,68)(H,62,69)/t39-,42+,43?,46+,47+/m1/s1. The number of amides is 5. The van der Waals surface area contributed by atoms with Crippen molar-refractivity contribution in [2.75, 3.05) is 19.9 Å². The van der Waals surface area contributed by atoms with Crippen molar-refractivity contribution < 1.29 is 47.7 Å². The van der Waals surface area contributed by atoms with Gasteiger partial charge in [0.25, 0.3) is 0 Å². The summed E-state index contributed by atoms with van der Waals surface area (Å²) in [6, 6.07) is 17.5. The topological polar surface area (TPSA) is 223 Å². The van der Waals surface area contributed by atoms with E-state index < -0.39 is 53.7 Å². The van der Waals surface area contributed by atoms with Gasteiger partial charge in [-0.2, -0.15) is 0 Å². The van der Waals surface area contributed by atoms with Crippen LogP contribution in [0, 0.1) is 11.8 Å². The first-order valence-electron chi connectivity index (χ1n) is 25.9. The number of hydrogen-bond acceptors (Lipinski definition) is 12. The molecule has 19 heteroatoms. The lowest BCUT2D eigenvalue weighted by Crippen LogP contribution is -2.52. The summed E-state index contributed by atoms with van der Waals surface area (Å²) >= 11 is 0. The molecular weight excluding hydrogens is 959 g/mol. The fourth-order valence-electron chi connectivity index (χ4n) is 10.1. The molecule has 75 heavy (non-hydrogen) atoms. The van der Waals surface area contributed by atoms with E-state index >= 15 is 0 Å². The van der Waals surface area contributed by atoms with E-state index in [1.54, 1.807) is 57.5 Å². The number of likely N-dealkylation sites (tertiary alicyclic amines) is 2. The number of nitrogens with zero attached hydrogens (tertiary/aromatic N) is 5. The molecule has 2 fully saturated rings. The average Bonchev–Trinajstić information content (AvgIpc) is 4.22. The lowest BCUT2D eigenvalue weighted by Gasteiger charge is -2.31. The third-order valence-corrected chi connectivity index (χ3v) is 13.8. The SMILES string of the molecule is CC(C)[C@H](NC(=O)OC(C)(C)C)C(=O)N1C[C@H](OC(=O)N2Cc3cc4c(cc3C2)OCO4)CC1c1ncc(-c2ccc(-c3ccc(-c4c[nH]c([C@@H]5CCCN5C(=O)[C@@H](NC(=O)OC(C)(C)C)C(C)C)n4)cc3)cc2)[nH]1. The van der Waals surface area contributed by atoms with Crippen LogP contribution < -0.4 is 20.1 Å². The largest absolute Gasteiger partial charge is 0.454 e. The first-order chi connectivity index (χ1) is 35.6. The van der Waals surface area contributed by atoms with Crippen molar-refractivity contribution in [2.24, 2.45) is 11.8 Å². The van der Waals surface area contributed by atoms with Gasteiger partial charge in [0.15, 0.2) is 11.5 Å². The van der Waals surface area contributed by atoms with E-state index in [1.807, 2.05) is 99.5 Å². The van der Waals surface area contributed by atoms with Gasteiger partial charge in [0.1, 0.15) is 41.0 Å². The maximum Gasteiger partial charge on any atom is 0.410 e. The second-order valence-corrected chi connectivity index (χ2v) is 22.5. The monoisotopic (exact) mass is 1030 g/mol. The van der Waals surface area contributed by atoms with Crippen molar-refractivity contribution in [1.82, 2.24) is 45.3 Å². The number of ether oxygens (including phenoxy) is 5. The van der Waals surface area contributed by atoms with Crippen LogP contribution in [0.2, 0.25) is 0 Å². The van der Waals surface area contributed by atoms with Gasteiger partial charge in [-0.25, -0.2) is 24.4 Å². The molecule has 5 aromatic rings. The number of nitrogens with one attached hydrogen (secondary N) is 4. The van der Waals surface area contributed by atoms with Crippen LogP contribution in [-0.2, 0) is 36.9 Å². The number of H-pyrrole nitrogens is 2. The summed E-state index contributed by atoms with van der Waals surface area (Å²) in [5.74, 6) is 1.56. The Labute approximate surface area is 437 Å². The Balaban J connectivity index is 0.871. The Bertz CT molecular complexity index is 2880. The molecule has 0 saturated carbocycles. The number of aromatic nitrogens is 4. The lowest BCUT2D eigenvalue weighted by atomic mass is 10.0. The van der Waals surface area contributed by atoms with Crippen LogP contribution in [0.25, 0.3) is 33.6 Å². The molecule has 0 bridgehead atoms. The molecule has 5 atom stereocenters. The van der Waals surface area contributed by atoms with Crippen LogP contribution >= 0.6 is 0 Å². The predicted molar refractivity (Wildman–Crippen MR) is 278 cm³/mol. The molecule has 3 aromatic carbocycles. The summed E-state index contributed by atoms with van der Waals surface area (Å²) in [6.07, 6.45) is 2.95. The van der Waals surface area contributed by atoms with E-state index in [-0.39, 0.29) is 49.5 Å². The molecule has 0 radical (unpaired) electrons. The van der Waals surface area contributed by atoms with Crippen LogP contribution in [-0.4, -0.2) is 114 Å². The van der Waals surface area contributed by atoms with Crippen molar-refractivity contribution in [3.8, 4) is 45.1 Å². The minimum atomic E-state index is -0.927.